The zero-order valence-electron chi connectivity index (χ0n) is 11.1. The lowest BCUT2D eigenvalue weighted by Crippen LogP contribution is -2.44. The molecule has 1 aliphatic carbocycles. The molecule has 2 N–H and O–H groups in total. The van der Waals surface area contributed by atoms with Gasteiger partial charge in [-0.3, -0.25) is 0 Å². The molecule has 1 aromatic carbocycles. The van der Waals surface area contributed by atoms with Crippen LogP contribution in [-0.4, -0.2) is 20.2 Å². The van der Waals surface area contributed by atoms with E-state index in [9.17, 15) is 8.42 Å². The molecular formula is C14H22N2O2S. The fraction of sp³-hybridized carbons (Fsp3) is 0.571. The van der Waals surface area contributed by atoms with Crippen LogP contribution < -0.4 is 10.3 Å². The number of sulfonamides is 1. The van der Waals surface area contributed by atoms with E-state index in [1.807, 2.05) is 30.3 Å². The first-order chi connectivity index (χ1) is 9.18. The van der Waals surface area contributed by atoms with Crippen LogP contribution in [0.25, 0.3) is 0 Å². The molecule has 2 rings (SSSR count). The summed E-state index contributed by atoms with van der Waals surface area (Å²) in [6.07, 6.45) is 5.60. The van der Waals surface area contributed by atoms with Gasteiger partial charge in [0.1, 0.15) is 0 Å². The predicted molar refractivity (Wildman–Crippen MR) is 77.1 cm³/mol. The minimum Gasteiger partial charge on any atom is -0.244 e. The maximum atomic E-state index is 12.0. The minimum absolute atomic E-state index is 0.217. The lowest BCUT2D eigenvalue weighted by atomic mass is 10.0. The molecule has 0 radical (unpaired) electrons. The monoisotopic (exact) mass is 282 g/mol. The molecule has 106 valence electrons. The molecule has 1 fully saturated rings. The molecule has 0 amide bonds. The number of hydrogen-bond acceptors (Lipinski definition) is 3. The van der Waals surface area contributed by atoms with Crippen molar-refractivity contribution in [2.45, 2.75) is 43.8 Å². The SMILES string of the molecule is O=S(=O)(NNCCc1ccccc1)C1CCCCC1. The van der Waals surface area contributed by atoms with Crippen LogP contribution in [0.5, 0.6) is 0 Å². The summed E-state index contributed by atoms with van der Waals surface area (Å²) in [7, 11) is -3.20. The largest absolute Gasteiger partial charge is 0.244 e. The van der Waals surface area contributed by atoms with Crippen LogP contribution in [-0.2, 0) is 16.4 Å². The Balaban J connectivity index is 1.72. The summed E-state index contributed by atoms with van der Waals surface area (Å²) in [6.45, 7) is 0.607. The van der Waals surface area contributed by atoms with Gasteiger partial charge in [0.05, 0.1) is 5.25 Å². The van der Waals surface area contributed by atoms with E-state index in [1.165, 1.54) is 5.56 Å². The van der Waals surface area contributed by atoms with Gasteiger partial charge in [-0.1, -0.05) is 49.6 Å². The average Bonchev–Trinajstić information content (AvgIpc) is 2.46. The maximum Gasteiger partial charge on any atom is 0.227 e. The number of benzene rings is 1. The zero-order chi connectivity index (χ0) is 13.6. The average molecular weight is 282 g/mol. The Morgan fingerprint density at radius 1 is 1.05 bits per heavy atom. The second-order valence-electron chi connectivity index (χ2n) is 5.07. The van der Waals surface area contributed by atoms with Gasteiger partial charge in [0, 0.05) is 6.54 Å². The molecule has 1 aromatic rings. The van der Waals surface area contributed by atoms with Crippen LogP contribution in [0.4, 0.5) is 0 Å². The van der Waals surface area contributed by atoms with E-state index in [1.54, 1.807) is 0 Å². The third kappa shape index (κ3) is 4.60. The van der Waals surface area contributed by atoms with Gasteiger partial charge in [-0.15, -0.1) is 0 Å². The van der Waals surface area contributed by atoms with Crippen LogP contribution in [0.1, 0.15) is 37.7 Å². The van der Waals surface area contributed by atoms with E-state index >= 15 is 0 Å². The first kappa shape index (κ1) is 14.5. The molecule has 0 heterocycles. The van der Waals surface area contributed by atoms with Gasteiger partial charge >= 0.3 is 0 Å². The highest BCUT2D eigenvalue weighted by molar-refractivity contribution is 7.90. The van der Waals surface area contributed by atoms with Crippen molar-refractivity contribution in [3.63, 3.8) is 0 Å². The standard InChI is InChI=1S/C14H22N2O2S/c17-19(18,14-9-5-2-6-10-14)16-15-12-11-13-7-3-1-4-8-13/h1,3-4,7-8,14-16H,2,5-6,9-12H2. The highest BCUT2D eigenvalue weighted by atomic mass is 32.2. The fourth-order valence-electron chi connectivity index (χ4n) is 2.46. The van der Waals surface area contributed by atoms with Crippen LogP contribution in [0.2, 0.25) is 0 Å². The van der Waals surface area contributed by atoms with Crippen molar-refractivity contribution >= 4 is 10.0 Å². The van der Waals surface area contributed by atoms with Gasteiger partial charge in [-0.05, 0) is 24.8 Å². The first-order valence-electron chi connectivity index (χ1n) is 6.96. The van der Waals surface area contributed by atoms with Gasteiger partial charge in [0.25, 0.3) is 0 Å². The summed E-state index contributed by atoms with van der Waals surface area (Å²) in [5.74, 6) is 0. The number of hydrogen-bond donors (Lipinski definition) is 2. The zero-order valence-corrected chi connectivity index (χ0v) is 12.0. The van der Waals surface area contributed by atoms with Crippen LogP contribution in [0, 0.1) is 0 Å². The Kier molecular flexibility index (Phi) is 5.36. The topological polar surface area (TPSA) is 58.2 Å². The highest BCUT2D eigenvalue weighted by Crippen LogP contribution is 2.22. The van der Waals surface area contributed by atoms with Gasteiger partial charge < -0.3 is 0 Å². The van der Waals surface area contributed by atoms with E-state index in [0.29, 0.717) is 6.54 Å². The molecule has 19 heavy (non-hydrogen) atoms. The molecule has 1 saturated carbocycles. The quantitative estimate of drug-likeness (QED) is 0.619. The molecule has 0 aliphatic heterocycles. The van der Waals surface area contributed by atoms with E-state index in [4.69, 9.17) is 0 Å². The minimum atomic E-state index is -3.20. The summed E-state index contributed by atoms with van der Waals surface area (Å²) >= 11 is 0. The second kappa shape index (κ2) is 7.03. The van der Waals surface area contributed by atoms with Crippen LogP contribution in [0.15, 0.2) is 30.3 Å². The van der Waals surface area contributed by atoms with E-state index in [2.05, 4.69) is 10.3 Å². The molecule has 1 aliphatic rings. The van der Waals surface area contributed by atoms with Crippen LogP contribution >= 0.6 is 0 Å². The molecule has 5 heteroatoms. The van der Waals surface area contributed by atoms with Crippen molar-refractivity contribution in [1.29, 1.82) is 0 Å². The highest BCUT2D eigenvalue weighted by Gasteiger charge is 2.26. The number of nitrogens with one attached hydrogen (secondary N) is 2. The lowest BCUT2D eigenvalue weighted by molar-refractivity contribution is 0.470. The summed E-state index contributed by atoms with van der Waals surface area (Å²) in [6, 6.07) is 10.0. The third-order valence-corrected chi connectivity index (χ3v) is 5.36. The Morgan fingerprint density at radius 3 is 2.42 bits per heavy atom. The van der Waals surface area contributed by atoms with Crippen molar-refractivity contribution in [1.82, 2.24) is 10.3 Å². The van der Waals surface area contributed by atoms with Gasteiger partial charge in [-0.2, -0.15) is 4.83 Å². The summed E-state index contributed by atoms with van der Waals surface area (Å²) in [5.41, 5.74) is 4.03. The Hall–Kier alpha value is -0.910. The van der Waals surface area contributed by atoms with Crippen molar-refractivity contribution in [3.05, 3.63) is 35.9 Å². The Bertz CT molecular complexity index is 467. The smallest absolute Gasteiger partial charge is 0.227 e. The number of rotatable bonds is 6. The van der Waals surface area contributed by atoms with E-state index in [-0.39, 0.29) is 5.25 Å². The van der Waals surface area contributed by atoms with Crippen molar-refractivity contribution in [2.24, 2.45) is 0 Å². The van der Waals surface area contributed by atoms with Crippen molar-refractivity contribution < 1.29 is 8.42 Å². The molecule has 0 saturated heterocycles. The van der Waals surface area contributed by atoms with Gasteiger partial charge in [-0.25, -0.2) is 13.8 Å². The maximum absolute atomic E-state index is 12.0. The fourth-order valence-corrected chi connectivity index (χ4v) is 3.89. The molecule has 4 nitrogen and oxygen atoms in total. The predicted octanol–water partition coefficient (Wildman–Crippen LogP) is 1.99. The first-order valence-corrected chi connectivity index (χ1v) is 8.50. The Morgan fingerprint density at radius 2 is 1.74 bits per heavy atom. The molecule has 0 aromatic heterocycles. The van der Waals surface area contributed by atoms with Gasteiger partial charge in [0.2, 0.25) is 10.0 Å². The summed E-state index contributed by atoms with van der Waals surface area (Å²) < 4.78 is 24.0. The van der Waals surface area contributed by atoms with Gasteiger partial charge in [0.15, 0.2) is 0 Å². The van der Waals surface area contributed by atoms with Crippen molar-refractivity contribution in [2.75, 3.05) is 6.54 Å². The number of hydrazine groups is 1. The Labute approximate surface area is 115 Å². The molecule has 0 spiro atoms. The molecular weight excluding hydrogens is 260 g/mol. The lowest BCUT2D eigenvalue weighted by Gasteiger charge is -2.22. The van der Waals surface area contributed by atoms with Crippen LogP contribution in [0.3, 0.4) is 0 Å². The van der Waals surface area contributed by atoms with E-state index < -0.39 is 10.0 Å². The normalized spacial score (nSPS) is 17.5. The summed E-state index contributed by atoms with van der Waals surface area (Å²) in [4.78, 5) is 2.52. The third-order valence-electron chi connectivity index (χ3n) is 3.59. The molecule has 0 bridgehead atoms. The second-order valence-corrected chi connectivity index (χ2v) is 7.03. The molecule has 0 atom stereocenters. The molecule has 0 unspecified atom stereocenters. The summed E-state index contributed by atoms with van der Waals surface area (Å²) in [5, 5.41) is -0.217. The van der Waals surface area contributed by atoms with E-state index in [0.717, 1.165) is 38.5 Å². The van der Waals surface area contributed by atoms with Crippen molar-refractivity contribution in [3.8, 4) is 0 Å².